The fourth-order valence-corrected chi connectivity index (χ4v) is 2.39. The molecule has 7 nitrogen and oxygen atoms in total. The number of carbonyl (C=O) groups is 2. The van der Waals surface area contributed by atoms with Crippen LogP contribution in [0.25, 0.3) is 0 Å². The molecule has 0 aliphatic rings. The number of nitro groups is 1. The van der Waals surface area contributed by atoms with Gasteiger partial charge in [-0.05, 0) is 36.6 Å². The number of amides is 2. The Bertz CT molecular complexity index is 833. The average molecular weight is 341 g/mol. The summed E-state index contributed by atoms with van der Waals surface area (Å²) in [6.07, 6.45) is 0.247. The van der Waals surface area contributed by atoms with Gasteiger partial charge in [0.05, 0.1) is 4.92 Å². The monoisotopic (exact) mass is 341 g/mol. The SMILES string of the molecule is Cc1ccc(C[C@H](NC(=O)c2cccc([N+](=O)[O-])c2)C(N)=O)cc1C. The van der Waals surface area contributed by atoms with Crippen LogP contribution in [0.15, 0.2) is 42.5 Å². The number of nitrogens with zero attached hydrogens (tertiary/aromatic N) is 1. The van der Waals surface area contributed by atoms with E-state index in [0.29, 0.717) is 0 Å². The van der Waals surface area contributed by atoms with E-state index in [1.165, 1.54) is 18.2 Å². The lowest BCUT2D eigenvalue weighted by Gasteiger charge is -2.16. The molecule has 0 heterocycles. The van der Waals surface area contributed by atoms with Crippen molar-refractivity contribution in [2.75, 3.05) is 0 Å². The molecule has 0 aromatic heterocycles. The van der Waals surface area contributed by atoms with Gasteiger partial charge in [-0.1, -0.05) is 24.3 Å². The molecular weight excluding hydrogens is 322 g/mol. The predicted octanol–water partition coefficient (Wildman–Crippen LogP) is 2.04. The second kappa shape index (κ2) is 7.57. The molecule has 25 heavy (non-hydrogen) atoms. The Morgan fingerprint density at radius 3 is 2.48 bits per heavy atom. The first-order valence-electron chi connectivity index (χ1n) is 7.68. The molecular formula is C18H19N3O4. The summed E-state index contributed by atoms with van der Waals surface area (Å²) >= 11 is 0. The van der Waals surface area contributed by atoms with Crippen molar-refractivity contribution < 1.29 is 14.5 Å². The zero-order valence-corrected chi connectivity index (χ0v) is 14.0. The number of benzene rings is 2. The number of aryl methyl sites for hydroxylation is 2. The first-order chi connectivity index (χ1) is 11.8. The number of rotatable bonds is 6. The Balaban J connectivity index is 2.17. The molecule has 1 atom stereocenters. The van der Waals surface area contributed by atoms with Crippen LogP contribution < -0.4 is 11.1 Å². The van der Waals surface area contributed by atoms with E-state index in [2.05, 4.69) is 5.32 Å². The van der Waals surface area contributed by atoms with Gasteiger partial charge in [0.1, 0.15) is 6.04 Å². The van der Waals surface area contributed by atoms with E-state index in [1.54, 1.807) is 0 Å². The minimum absolute atomic E-state index is 0.0977. The standard InChI is InChI=1S/C18H19N3O4/c1-11-6-7-13(8-12(11)2)9-16(17(19)22)20-18(23)14-4-3-5-15(10-14)21(24)25/h3-8,10,16H,9H2,1-2H3,(H2,19,22)(H,20,23)/t16-/m0/s1. The molecule has 0 unspecified atom stereocenters. The lowest BCUT2D eigenvalue weighted by Crippen LogP contribution is -2.45. The van der Waals surface area contributed by atoms with Gasteiger partial charge in [0, 0.05) is 24.1 Å². The van der Waals surface area contributed by atoms with Crippen molar-refractivity contribution in [1.29, 1.82) is 0 Å². The highest BCUT2D eigenvalue weighted by Crippen LogP contribution is 2.14. The Kier molecular flexibility index (Phi) is 5.49. The van der Waals surface area contributed by atoms with E-state index in [-0.39, 0.29) is 17.7 Å². The first-order valence-corrected chi connectivity index (χ1v) is 7.68. The zero-order valence-electron chi connectivity index (χ0n) is 14.0. The summed E-state index contributed by atoms with van der Waals surface area (Å²) in [6, 6.07) is 10.1. The van der Waals surface area contributed by atoms with Crippen LogP contribution in [0, 0.1) is 24.0 Å². The summed E-state index contributed by atoms with van der Waals surface area (Å²) in [7, 11) is 0. The maximum atomic E-state index is 12.3. The van der Waals surface area contributed by atoms with Crippen molar-refractivity contribution in [3.05, 3.63) is 74.8 Å². The van der Waals surface area contributed by atoms with Crippen molar-refractivity contribution in [2.45, 2.75) is 26.3 Å². The van der Waals surface area contributed by atoms with Crippen LogP contribution in [-0.2, 0) is 11.2 Å². The van der Waals surface area contributed by atoms with Gasteiger partial charge < -0.3 is 11.1 Å². The van der Waals surface area contributed by atoms with Gasteiger partial charge in [-0.3, -0.25) is 19.7 Å². The summed E-state index contributed by atoms with van der Waals surface area (Å²) in [5, 5.41) is 13.4. The van der Waals surface area contributed by atoms with Gasteiger partial charge in [0.2, 0.25) is 5.91 Å². The summed E-state index contributed by atoms with van der Waals surface area (Å²) < 4.78 is 0. The van der Waals surface area contributed by atoms with Crippen molar-refractivity contribution in [1.82, 2.24) is 5.32 Å². The van der Waals surface area contributed by atoms with Crippen LogP contribution in [0.4, 0.5) is 5.69 Å². The van der Waals surface area contributed by atoms with E-state index in [9.17, 15) is 19.7 Å². The third-order valence-electron chi connectivity index (χ3n) is 3.98. The van der Waals surface area contributed by atoms with Gasteiger partial charge in [0.25, 0.3) is 11.6 Å². The summed E-state index contributed by atoms with van der Waals surface area (Å²) in [6.45, 7) is 3.94. The van der Waals surface area contributed by atoms with Gasteiger partial charge in [-0.15, -0.1) is 0 Å². The average Bonchev–Trinajstić information content (AvgIpc) is 2.57. The molecule has 0 spiro atoms. The second-order valence-corrected chi connectivity index (χ2v) is 5.86. The molecule has 130 valence electrons. The van der Waals surface area contributed by atoms with E-state index in [4.69, 9.17) is 5.73 Å². The molecule has 0 radical (unpaired) electrons. The fourth-order valence-electron chi connectivity index (χ4n) is 2.39. The minimum atomic E-state index is -0.908. The molecule has 0 aliphatic carbocycles. The van der Waals surface area contributed by atoms with Crippen molar-refractivity contribution in [2.24, 2.45) is 5.73 Å². The topological polar surface area (TPSA) is 115 Å². The summed E-state index contributed by atoms with van der Waals surface area (Å²) in [4.78, 5) is 34.2. The first kappa shape index (κ1) is 18.1. The summed E-state index contributed by atoms with van der Waals surface area (Å²) in [5.41, 5.74) is 8.36. The van der Waals surface area contributed by atoms with Gasteiger partial charge in [-0.25, -0.2) is 0 Å². The van der Waals surface area contributed by atoms with Crippen molar-refractivity contribution in [3.8, 4) is 0 Å². The molecule has 2 aromatic rings. The molecule has 0 fully saturated rings. The highest BCUT2D eigenvalue weighted by Gasteiger charge is 2.20. The molecule has 2 amide bonds. The largest absolute Gasteiger partial charge is 0.368 e. The summed E-state index contributed by atoms with van der Waals surface area (Å²) in [5.74, 6) is -1.26. The maximum Gasteiger partial charge on any atom is 0.270 e. The third-order valence-corrected chi connectivity index (χ3v) is 3.98. The van der Waals surface area contributed by atoms with Gasteiger partial charge >= 0.3 is 0 Å². The van der Waals surface area contributed by atoms with Crippen molar-refractivity contribution >= 4 is 17.5 Å². The van der Waals surface area contributed by atoms with Gasteiger partial charge in [-0.2, -0.15) is 0 Å². The molecule has 7 heteroatoms. The normalized spacial score (nSPS) is 11.6. The number of hydrogen-bond donors (Lipinski definition) is 2. The molecule has 0 bridgehead atoms. The number of primary amides is 1. The molecule has 0 aliphatic heterocycles. The van der Waals surface area contributed by atoms with Crippen LogP contribution in [0.3, 0.4) is 0 Å². The lowest BCUT2D eigenvalue weighted by atomic mass is 10.0. The number of nitro benzene ring substituents is 1. The maximum absolute atomic E-state index is 12.3. The lowest BCUT2D eigenvalue weighted by molar-refractivity contribution is -0.384. The number of nitrogens with two attached hydrogens (primary N) is 1. The highest BCUT2D eigenvalue weighted by molar-refractivity contribution is 5.97. The molecule has 0 saturated carbocycles. The Labute approximate surface area is 145 Å². The van der Waals surface area contributed by atoms with E-state index in [0.717, 1.165) is 22.8 Å². The quantitative estimate of drug-likeness (QED) is 0.618. The minimum Gasteiger partial charge on any atom is -0.368 e. The van der Waals surface area contributed by atoms with E-state index < -0.39 is 22.8 Å². The predicted molar refractivity (Wildman–Crippen MR) is 93.2 cm³/mol. The Hall–Kier alpha value is -3.22. The molecule has 2 aromatic carbocycles. The zero-order chi connectivity index (χ0) is 18.6. The second-order valence-electron chi connectivity index (χ2n) is 5.86. The van der Waals surface area contributed by atoms with Gasteiger partial charge in [0.15, 0.2) is 0 Å². The van der Waals surface area contributed by atoms with Crippen LogP contribution >= 0.6 is 0 Å². The molecule has 0 saturated heterocycles. The number of nitrogens with one attached hydrogen (secondary N) is 1. The number of hydrogen-bond acceptors (Lipinski definition) is 4. The van der Waals surface area contributed by atoms with Crippen LogP contribution in [0.5, 0.6) is 0 Å². The number of non-ortho nitro benzene ring substituents is 1. The van der Waals surface area contributed by atoms with Crippen molar-refractivity contribution in [3.63, 3.8) is 0 Å². The Morgan fingerprint density at radius 1 is 1.16 bits per heavy atom. The highest BCUT2D eigenvalue weighted by atomic mass is 16.6. The fraction of sp³-hybridized carbons (Fsp3) is 0.222. The van der Waals surface area contributed by atoms with E-state index in [1.807, 2.05) is 32.0 Å². The molecule has 2 rings (SSSR count). The third kappa shape index (κ3) is 4.63. The molecule has 3 N–H and O–H groups in total. The Morgan fingerprint density at radius 2 is 1.88 bits per heavy atom. The smallest absolute Gasteiger partial charge is 0.270 e. The van der Waals surface area contributed by atoms with Crippen LogP contribution in [0.2, 0.25) is 0 Å². The van der Waals surface area contributed by atoms with Crippen LogP contribution in [0.1, 0.15) is 27.0 Å². The van der Waals surface area contributed by atoms with E-state index >= 15 is 0 Å². The van der Waals surface area contributed by atoms with Crippen LogP contribution in [-0.4, -0.2) is 22.8 Å². The number of carbonyl (C=O) groups excluding carboxylic acids is 2.